The highest BCUT2D eigenvalue weighted by Crippen LogP contribution is 2.42. The van der Waals surface area contributed by atoms with Gasteiger partial charge in [0.15, 0.2) is 9.84 Å². The minimum atomic E-state index is -3.36. The summed E-state index contributed by atoms with van der Waals surface area (Å²) in [4.78, 5) is 18.2. The number of fused-ring (bicyclic) bond motifs is 3. The van der Waals surface area contributed by atoms with Gasteiger partial charge in [-0.05, 0) is 29.3 Å². The van der Waals surface area contributed by atoms with Crippen LogP contribution in [0.5, 0.6) is 0 Å². The molecule has 7 heteroatoms. The van der Waals surface area contributed by atoms with Gasteiger partial charge in [-0.1, -0.05) is 24.3 Å². The number of amides is 1. The van der Waals surface area contributed by atoms with E-state index in [-0.39, 0.29) is 11.7 Å². The van der Waals surface area contributed by atoms with Gasteiger partial charge in [-0.25, -0.2) is 8.42 Å². The summed E-state index contributed by atoms with van der Waals surface area (Å²) in [6.45, 7) is 0.379. The molecule has 0 spiro atoms. The molecule has 4 rings (SSSR count). The van der Waals surface area contributed by atoms with Crippen LogP contribution in [0, 0.1) is 0 Å². The van der Waals surface area contributed by atoms with Crippen LogP contribution in [0.25, 0.3) is 10.4 Å². The van der Waals surface area contributed by atoms with E-state index in [4.69, 9.17) is 0 Å². The third kappa shape index (κ3) is 2.96. The molecule has 126 valence electrons. The van der Waals surface area contributed by atoms with Crippen molar-refractivity contribution < 1.29 is 13.2 Å². The van der Waals surface area contributed by atoms with Crippen molar-refractivity contribution in [1.29, 1.82) is 0 Å². The zero-order valence-electron chi connectivity index (χ0n) is 13.1. The van der Waals surface area contributed by atoms with Crippen molar-refractivity contribution in [2.45, 2.75) is 17.2 Å². The Balaban J connectivity index is 1.63. The first-order valence-corrected chi connectivity index (χ1v) is 10.1. The minimum Gasteiger partial charge on any atom is -0.347 e. The number of carbonyl (C=O) groups is 1. The molecule has 0 saturated carbocycles. The van der Waals surface area contributed by atoms with Crippen molar-refractivity contribution in [2.24, 2.45) is 0 Å². The maximum absolute atomic E-state index is 12.4. The van der Waals surface area contributed by atoms with Gasteiger partial charge in [0.25, 0.3) is 5.91 Å². The average molecular weight is 370 g/mol. The standard InChI is InChI=1S/C18H14N2O3S2/c21-18(20-10-12-4-3-7-19-9-12)15-8-13-11-25(22,23)16-6-2-1-5-14(16)17(13)24-15/h1-9H,10-11H2,(H,20,21). The van der Waals surface area contributed by atoms with Gasteiger partial charge in [-0.15, -0.1) is 11.3 Å². The lowest BCUT2D eigenvalue weighted by Gasteiger charge is -2.15. The molecule has 0 saturated heterocycles. The second kappa shape index (κ2) is 6.09. The molecule has 0 radical (unpaired) electrons. The van der Waals surface area contributed by atoms with Crippen molar-refractivity contribution in [3.05, 3.63) is 70.9 Å². The van der Waals surface area contributed by atoms with Crippen LogP contribution >= 0.6 is 11.3 Å². The van der Waals surface area contributed by atoms with E-state index in [2.05, 4.69) is 10.3 Å². The zero-order valence-corrected chi connectivity index (χ0v) is 14.7. The smallest absolute Gasteiger partial charge is 0.261 e. The second-order valence-corrected chi connectivity index (χ2v) is 8.77. The lowest BCUT2D eigenvalue weighted by Crippen LogP contribution is -2.21. The molecule has 5 nitrogen and oxygen atoms in total. The Labute approximate surface area is 149 Å². The first-order valence-electron chi connectivity index (χ1n) is 7.66. The quantitative estimate of drug-likeness (QED) is 0.769. The molecule has 1 N–H and O–H groups in total. The first-order chi connectivity index (χ1) is 12.0. The van der Waals surface area contributed by atoms with E-state index in [0.717, 1.165) is 10.4 Å². The molecule has 2 aromatic heterocycles. The molecule has 0 atom stereocenters. The molecule has 3 aromatic rings. The van der Waals surface area contributed by atoms with Crippen LogP contribution in [-0.2, 0) is 22.1 Å². The summed E-state index contributed by atoms with van der Waals surface area (Å²) in [5.41, 5.74) is 2.28. The number of thiophene rings is 1. The summed E-state index contributed by atoms with van der Waals surface area (Å²) >= 11 is 1.33. The highest BCUT2D eigenvalue weighted by atomic mass is 32.2. The topological polar surface area (TPSA) is 76.1 Å². The molecule has 0 aliphatic carbocycles. The molecule has 0 fully saturated rings. The van der Waals surface area contributed by atoms with Crippen LogP contribution in [0.4, 0.5) is 0 Å². The van der Waals surface area contributed by atoms with Gasteiger partial charge in [-0.3, -0.25) is 9.78 Å². The van der Waals surface area contributed by atoms with Crippen molar-refractivity contribution in [2.75, 3.05) is 0 Å². The van der Waals surface area contributed by atoms with Gasteiger partial charge in [0.1, 0.15) is 0 Å². The van der Waals surface area contributed by atoms with Crippen LogP contribution in [0.1, 0.15) is 20.8 Å². The van der Waals surface area contributed by atoms with Gasteiger partial charge in [0, 0.05) is 29.4 Å². The molecule has 0 unspecified atom stereocenters. The molecular formula is C18H14N2O3S2. The van der Waals surface area contributed by atoms with Crippen molar-refractivity contribution in [3.8, 4) is 10.4 Å². The minimum absolute atomic E-state index is 0.0638. The number of nitrogens with one attached hydrogen (secondary N) is 1. The summed E-state index contributed by atoms with van der Waals surface area (Å²) in [5, 5.41) is 2.85. The van der Waals surface area contributed by atoms with Crippen LogP contribution in [0.2, 0.25) is 0 Å². The van der Waals surface area contributed by atoms with E-state index in [1.807, 2.05) is 18.2 Å². The zero-order chi connectivity index (χ0) is 17.4. The number of pyridine rings is 1. The Morgan fingerprint density at radius 2 is 2.04 bits per heavy atom. The largest absolute Gasteiger partial charge is 0.347 e. The van der Waals surface area contributed by atoms with Gasteiger partial charge in [-0.2, -0.15) is 0 Å². The van der Waals surface area contributed by atoms with E-state index < -0.39 is 9.84 Å². The molecule has 1 amide bonds. The summed E-state index contributed by atoms with van der Waals surface area (Å²) in [5.74, 6) is -0.274. The number of benzene rings is 1. The number of nitrogens with zero attached hydrogens (tertiary/aromatic N) is 1. The fourth-order valence-electron chi connectivity index (χ4n) is 2.86. The number of rotatable bonds is 3. The Bertz CT molecular complexity index is 1060. The summed E-state index contributed by atoms with van der Waals surface area (Å²) in [7, 11) is -3.36. The van der Waals surface area contributed by atoms with E-state index in [9.17, 15) is 13.2 Å². The SMILES string of the molecule is O=C(NCc1cccnc1)c1cc2c(s1)-c1ccccc1S(=O)(=O)C2. The van der Waals surface area contributed by atoms with Crippen LogP contribution in [0.15, 0.2) is 59.8 Å². The lowest BCUT2D eigenvalue weighted by molar-refractivity contribution is 0.0955. The number of sulfone groups is 1. The Morgan fingerprint density at radius 1 is 1.20 bits per heavy atom. The molecule has 1 aromatic carbocycles. The molecule has 25 heavy (non-hydrogen) atoms. The summed E-state index contributed by atoms with van der Waals surface area (Å²) in [6, 6.07) is 12.3. The third-order valence-electron chi connectivity index (χ3n) is 4.02. The Hall–Kier alpha value is -2.51. The van der Waals surface area contributed by atoms with E-state index in [1.165, 1.54) is 11.3 Å². The second-order valence-electron chi connectivity index (χ2n) is 5.76. The normalized spacial score (nSPS) is 14.4. The summed E-state index contributed by atoms with van der Waals surface area (Å²) < 4.78 is 24.8. The maximum atomic E-state index is 12.4. The van der Waals surface area contributed by atoms with Gasteiger partial charge >= 0.3 is 0 Å². The molecule has 3 heterocycles. The number of carbonyl (C=O) groups excluding carboxylic acids is 1. The highest BCUT2D eigenvalue weighted by molar-refractivity contribution is 7.91. The van der Waals surface area contributed by atoms with E-state index in [1.54, 1.807) is 36.7 Å². The predicted molar refractivity (Wildman–Crippen MR) is 96.1 cm³/mol. The van der Waals surface area contributed by atoms with Crippen molar-refractivity contribution in [3.63, 3.8) is 0 Å². The summed E-state index contributed by atoms with van der Waals surface area (Å²) in [6.07, 6.45) is 3.37. The van der Waals surface area contributed by atoms with Gasteiger partial charge < -0.3 is 5.32 Å². The van der Waals surface area contributed by atoms with Gasteiger partial charge in [0.2, 0.25) is 0 Å². The van der Waals surface area contributed by atoms with E-state index in [0.29, 0.717) is 27.4 Å². The third-order valence-corrected chi connectivity index (χ3v) is 6.95. The molecule has 1 aliphatic heterocycles. The first kappa shape index (κ1) is 16.0. The van der Waals surface area contributed by atoms with Crippen LogP contribution in [-0.4, -0.2) is 19.3 Å². The molecule has 0 bridgehead atoms. The Kier molecular flexibility index (Phi) is 3.89. The van der Waals surface area contributed by atoms with Crippen LogP contribution < -0.4 is 5.32 Å². The molecular weight excluding hydrogens is 356 g/mol. The van der Waals surface area contributed by atoms with E-state index >= 15 is 0 Å². The number of hydrogen-bond acceptors (Lipinski definition) is 5. The fourth-order valence-corrected chi connectivity index (χ4v) is 5.73. The predicted octanol–water partition coefficient (Wildman–Crippen LogP) is 3.03. The van der Waals surface area contributed by atoms with Crippen molar-refractivity contribution >= 4 is 27.1 Å². The number of aromatic nitrogens is 1. The highest BCUT2D eigenvalue weighted by Gasteiger charge is 2.30. The van der Waals surface area contributed by atoms with Crippen LogP contribution in [0.3, 0.4) is 0 Å². The maximum Gasteiger partial charge on any atom is 0.261 e. The molecule has 1 aliphatic rings. The Morgan fingerprint density at radius 3 is 2.84 bits per heavy atom. The number of hydrogen-bond donors (Lipinski definition) is 1. The monoisotopic (exact) mass is 370 g/mol. The van der Waals surface area contributed by atoms with Gasteiger partial charge in [0.05, 0.1) is 15.5 Å². The average Bonchev–Trinajstić information content (AvgIpc) is 3.04. The van der Waals surface area contributed by atoms with Crippen molar-refractivity contribution in [1.82, 2.24) is 10.3 Å². The fraction of sp³-hybridized carbons (Fsp3) is 0.111. The lowest BCUT2D eigenvalue weighted by atomic mass is 10.1.